The third kappa shape index (κ3) is 2.55. The Bertz CT molecular complexity index is 706. The van der Waals surface area contributed by atoms with E-state index in [-0.39, 0.29) is 6.04 Å². The van der Waals surface area contributed by atoms with Crippen molar-refractivity contribution >= 4 is 22.5 Å². The summed E-state index contributed by atoms with van der Waals surface area (Å²) in [5, 5.41) is 5.30. The zero-order valence-electron chi connectivity index (χ0n) is 11.2. The fraction of sp³-hybridized carbons (Fsp3) is 0.188. The predicted molar refractivity (Wildman–Crippen MR) is 82.8 cm³/mol. The minimum Gasteiger partial charge on any atom is -0.356 e. The van der Waals surface area contributed by atoms with Gasteiger partial charge in [-0.3, -0.25) is 4.98 Å². The van der Waals surface area contributed by atoms with Crippen LogP contribution in [0.1, 0.15) is 24.4 Å². The molecule has 1 unspecified atom stereocenters. The van der Waals surface area contributed by atoms with Crippen molar-refractivity contribution in [3.05, 3.63) is 65.1 Å². The molecular weight excluding hydrogens is 270 g/mol. The Labute approximate surface area is 123 Å². The Morgan fingerprint density at radius 2 is 2.00 bits per heavy atom. The molecule has 0 spiro atoms. The highest BCUT2D eigenvalue weighted by atomic mass is 35.5. The molecule has 4 heteroatoms. The lowest BCUT2D eigenvalue weighted by molar-refractivity contribution is 0.557. The summed E-state index contributed by atoms with van der Waals surface area (Å²) in [4.78, 5) is 7.71. The maximum absolute atomic E-state index is 6.40. The van der Waals surface area contributed by atoms with E-state index in [1.807, 2.05) is 48.7 Å². The number of aromatic nitrogens is 2. The number of halogens is 1. The second kappa shape index (κ2) is 5.65. The number of fused-ring (bicyclic) bond motifs is 1. The van der Waals surface area contributed by atoms with E-state index in [0.29, 0.717) is 6.54 Å². The summed E-state index contributed by atoms with van der Waals surface area (Å²) in [6.45, 7) is 2.78. The van der Waals surface area contributed by atoms with Gasteiger partial charge in [-0.15, -0.1) is 0 Å². The molecule has 3 aromatic rings. The number of H-pyrrole nitrogens is 1. The third-order valence-corrected chi connectivity index (χ3v) is 3.86. The van der Waals surface area contributed by atoms with Gasteiger partial charge in [0.05, 0.1) is 10.7 Å². The van der Waals surface area contributed by atoms with E-state index in [1.165, 1.54) is 0 Å². The Kier molecular flexibility index (Phi) is 3.72. The van der Waals surface area contributed by atoms with Crippen LogP contribution in [0.2, 0.25) is 5.02 Å². The van der Waals surface area contributed by atoms with Crippen molar-refractivity contribution in [2.75, 3.05) is 0 Å². The van der Waals surface area contributed by atoms with Crippen molar-refractivity contribution < 1.29 is 0 Å². The molecule has 0 saturated heterocycles. The molecule has 0 aliphatic rings. The molecule has 0 fully saturated rings. The Hall–Kier alpha value is -1.84. The van der Waals surface area contributed by atoms with Gasteiger partial charge < -0.3 is 10.3 Å². The monoisotopic (exact) mass is 285 g/mol. The fourth-order valence-corrected chi connectivity index (χ4v) is 2.56. The van der Waals surface area contributed by atoms with Crippen LogP contribution in [0, 0.1) is 0 Å². The second-order valence-corrected chi connectivity index (χ2v) is 5.20. The maximum atomic E-state index is 6.40. The number of hydrogen-bond donors (Lipinski definition) is 2. The topological polar surface area (TPSA) is 40.7 Å². The number of rotatable bonds is 4. The predicted octanol–water partition coefficient (Wildman–Crippen LogP) is 4.07. The van der Waals surface area contributed by atoms with Gasteiger partial charge in [0.1, 0.15) is 0 Å². The van der Waals surface area contributed by atoms with E-state index >= 15 is 0 Å². The van der Waals surface area contributed by atoms with Gasteiger partial charge in [0.2, 0.25) is 0 Å². The van der Waals surface area contributed by atoms with Crippen LogP contribution in [-0.4, -0.2) is 9.97 Å². The Morgan fingerprint density at radius 1 is 1.20 bits per heavy atom. The first kappa shape index (κ1) is 13.2. The van der Waals surface area contributed by atoms with E-state index in [4.69, 9.17) is 11.6 Å². The van der Waals surface area contributed by atoms with Crippen LogP contribution < -0.4 is 5.32 Å². The Balaban J connectivity index is 1.76. The first-order chi connectivity index (χ1) is 9.75. The molecule has 0 amide bonds. The highest BCUT2D eigenvalue weighted by Gasteiger charge is 2.11. The zero-order chi connectivity index (χ0) is 13.9. The summed E-state index contributed by atoms with van der Waals surface area (Å²) < 4.78 is 0. The summed E-state index contributed by atoms with van der Waals surface area (Å²) in [5.74, 6) is 0. The summed E-state index contributed by atoms with van der Waals surface area (Å²) in [5.41, 5.74) is 3.11. The Morgan fingerprint density at radius 3 is 2.75 bits per heavy atom. The van der Waals surface area contributed by atoms with Crippen LogP contribution in [0.25, 0.3) is 10.9 Å². The number of aromatic amines is 1. The van der Waals surface area contributed by atoms with Crippen molar-refractivity contribution in [3.8, 4) is 0 Å². The van der Waals surface area contributed by atoms with Gasteiger partial charge in [-0.1, -0.05) is 35.9 Å². The molecule has 0 aliphatic heterocycles. The molecule has 1 aromatic carbocycles. The van der Waals surface area contributed by atoms with Crippen LogP contribution in [0.3, 0.4) is 0 Å². The average Bonchev–Trinajstić information content (AvgIpc) is 2.83. The van der Waals surface area contributed by atoms with Crippen molar-refractivity contribution in [1.82, 2.24) is 15.3 Å². The summed E-state index contributed by atoms with van der Waals surface area (Å²) in [6, 6.07) is 14.2. The SMILES string of the molecule is CC(NCc1[nH]c2ccccc2c1Cl)c1ccccn1. The van der Waals surface area contributed by atoms with Gasteiger partial charge in [0.15, 0.2) is 0 Å². The van der Waals surface area contributed by atoms with Crippen molar-refractivity contribution in [1.29, 1.82) is 0 Å². The molecule has 2 aromatic heterocycles. The minimum absolute atomic E-state index is 0.179. The van der Waals surface area contributed by atoms with Crippen LogP contribution in [0.4, 0.5) is 0 Å². The first-order valence-corrected chi connectivity index (χ1v) is 7.03. The lowest BCUT2D eigenvalue weighted by Crippen LogP contribution is -2.19. The summed E-state index contributed by atoms with van der Waals surface area (Å²) in [7, 11) is 0. The van der Waals surface area contributed by atoms with E-state index < -0.39 is 0 Å². The molecule has 3 rings (SSSR count). The van der Waals surface area contributed by atoms with Gasteiger partial charge in [0, 0.05) is 35.4 Å². The minimum atomic E-state index is 0.179. The lowest BCUT2D eigenvalue weighted by Gasteiger charge is -2.12. The number of hydrogen-bond acceptors (Lipinski definition) is 2. The molecular formula is C16H16ClN3. The largest absolute Gasteiger partial charge is 0.356 e. The smallest absolute Gasteiger partial charge is 0.0705 e. The molecule has 1 atom stereocenters. The first-order valence-electron chi connectivity index (χ1n) is 6.65. The molecule has 102 valence electrons. The average molecular weight is 286 g/mol. The fourth-order valence-electron chi connectivity index (χ4n) is 2.28. The van der Waals surface area contributed by atoms with Crippen LogP contribution in [0.5, 0.6) is 0 Å². The molecule has 0 aliphatic carbocycles. The van der Waals surface area contributed by atoms with Gasteiger partial charge in [-0.25, -0.2) is 0 Å². The second-order valence-electron chi connectivity index (χ2n) is 4.82. The lowest BCUT2D eigenvalue weighted by atomic mass is 10.2. The molecule has 2 heterocycles. The summed E-state index contributed by atoms with van der Waals surface area (Å²) in [6.07, 6.45) is 1.81. The normalized spacial score (nSPS) is 12.7. The van der Waals surface area contributed by atoms with Crippen LogP contribution in [0.15, 0.2) is 48.7 Å². The van der Waals surface area contributed by atoms with Gasteiger partial charge in [0.25, 0.3) is 0 Å². The van der Waals surface area contributed by atoms with Gasteiger partial charge in [-0.05, 0) is 25.1 Å². The molecule has 0 saturated carbocycles. The molecule has 0 radical (unpaired) electrons. The molecule has 0 bridgehead atoms. The van der Waals surface area contributed by atoms with E-state index in [2.05, 4.69) is 22.2 Å². The van der Waals surface area contributed by atoms with Crippen molar-refractivity contribution in [2.24, 2.45) is 0 Å². The van der Waals surface area contributed by atoms with E-state index in [1.54, 1.807) is 0 Å². The standard InChI is InChI=1S/C16H16ClN3/c1-11(13-7-4-5-9-18-13)19-10-15-16(17)12-6-2-3-8-14(12)20-15/h2-9,11,19-20H,10H2,1H3. The van der Waals surface area contributed by atoms with Crippen LogP contribution in [-0.2, 0) is 6.54 Å². The number of benzene rings is 1. The number of nitrogens with one attached hydrogen (secondary N) is 2. The van der Waals surface area contributed by atoms with Gasteiger partial charge in [-0.2, -0.15) is 0 Å². The van der Waals surface area contributed by atoms with Crippen molar-refractivity contribution in [2.45, 2.75) is 19.5 Å². The number of pyridine rings is 1. The van der Waals surface area contributed by atoms with Gasteiger partial charge >= 0.3 is 0 Å². The van der Waals surface area contributed by atoms with E-state index in [9.17, 15) is 0 Å². The highest BCUT2D eigenvalue weighted by Crippen LogP contribution is 2.27. The van der Waals surface area contributed by atoms with E-state index in [0.717, 1.165) is 27.3 Å². The van der Waals surface area contributed by atoms with Crippen molar-refractivity contribution in [3.63, 3.8) is 0 Å². The quantitative estimate of drug-likeness (QED) is 0.759. The molecule has 2 N–H and O–H groups in total. The number of para-hydroxylation sites is 1. The highest BCUT2D eigenvalue weighted by molar-refractivity contribution is 6.36. The molecule has 20 heavy (non-hydrogen) atoms. The third-order valence-electron chi connectivity index (χ3n) is 3.43. The number of nitrogens with zero attached hydrogens (tertiary/aromatic N) is 1. The zero-order valence-corrected chi connectivity index (χ0v) is 12.0. The maximum Gasteiger partial charge on any atom is 0.0705 e. The van der Waals surface area contributed by atoms with Crippen LogP contribution >= 0.6 is 11.6 Å². The molecule has 3 nitrogen and oxygen atoms in total. The summed E-state index contributed by atoms with van der Waals surface area (Å²) >= 11 is 6.40.